The van der Waals surface area contributed by atoms with E-state index in [0.717, 1.165) is 12.0 Å². The fourth-order valence-electron chi connectivity index (χ4n) is 1.55. The number of carbonyl (C=O) groups is 1. The van der Waals surface area contributed by atoms with E-state index in [4.69, 9.17) is 9.26 Å². The number of nitrogens with one attached hydrogen (secondary N) is 1. The van der Waals surface area contributed by atoms with Gasteiger partial charge in [0, 0.05) is 5.56 Å². The van der Waals surface area contributed by atoms with Crippen LogP contribution in [0.1, 0.15) is 18.1 Å². The second kappa shape index (κ2) is 6.04. The Bertz CT molecular complexity index is 546. The van der Waals surface area contributed by atoms with Crippen LogP contribution in [0.15, 0.2) is 35.1 Å². The molecule has 0 saturated heterocycles. The minimum Gasteiger partial charge on any atom is -0.484 e. The van der Waals surface area contributed by atoms with Gasteiger partial charge in [-0.05, 0) is 31.0 Å². The van der Waals surface area contributed by atoms with Crippen LogP contribution in [-0.2, 0) is 11.2 Å². The summed E-state index contributed by atoms with van der Waals surface area (Å²) in [7, 11) is 0. The van der Waals surface area contributed by atoms with Gasteiger partial charge in [0.2, 0.25) is 0 Å². The number of nitrogens with zero attached hydrogens (tertiary/aromatic N) is 1. The Hall–Kier alpha value is -2.30. The highest BCUT2D eigenvalue weighted by Crippen LogP contribution is 2.13. The molecule has 0 bridgehead atoms. The fourth-order valence-corrected chi connectivity index (χ4v) is 1.55. The van der Waals surface area contributed by atoms with Crippen molar-refractivity contribution in [2.24, 2.45) is 0 Å². The molecule has 0 radical (unpaired) electrons. The summed E-state index contributed by atoms with van der Waals surface area (Å²) < 4.78 is 10.1. The van der Waals surface area contributed by atoms with E-state index in [-0.39, 0.29) is 12.5 Å². The molecule has 0 spiro atoms. The van der Waals surface area contributed by atoms with E-state index in [1.807, 2.05) is 24.3 Å². The van der Waals surface area contributed by atoms with Crippen molar-refractivity contribution in [1.82, 2.24) is 5.16 Å². The number of carbonyl (C=O) groups excluding carboxylic acids is 1. The standard InChI is InChI=1S/C14H16N2O3/c1-3-11-4-6-12(7-5-11)18-9-13(17)15-14-10(2)8-19-16-14/h4-8H,3,9H2,1-2H3,(H,15,16,17). The smallest absolute Gasteiger partial charge is 0.263 e. The zero-order valence-electron chi connectivity index (χ0n) is 11.0. The van der Waals surface area contributed by atoms with Crippen LogP contribution in [0.2, 0.25) is 0 Å². The third kappa shape index (κ3) is 3.58. The van der Waals surface area contributed by atoms with E-state index in [0.29, 0.717) is 11.6 Å². The Morgan fingerprint density at radius 1 is 1.37 bits per heavy atom. The van der Waals surface area contributed by atoms with E-state index in [9.17, 15) is 4.79 Å². The molecular formula is C14H16N2O3. The SMILES string of the molecule is CCc1ccc(OCC(=O)Nc2nocc2C)cc1. The average molecular weight is 260 g/mol. The van der Waals surface area contributed by atoms with E-state index in [2.05, 4.69) is 17.4 Å². The van der Waals surface area contributed by atoms with Crippen LogP contribution in [0.3, 0.4) is 0 Å². The third-order valence-electron chi connectivity index (χ3n) is 2.71. The molecule has 2 rings (SSSR count). The van der Waals surface area contributed by atoms with Crippen LogP contribution in [-0.4, -0.2) is 17.7 Å². The molecule has 1 heterocycles. The van der Waals surface area contributed by atoms with Crippen LogP contribution < -0.4 is 10.1 Å². The summed E-state index contributed by atoms with van der Waals surface area (Å²) in [4.78, 5) is 11.6. The van der Waals surface area contributed by atoms with E-state index < -0.39 is 0 Å². The van der Waals surface area contributed by atoms with Gasteiger partial charge in [0.1, 0.15) is 12.0 Å². The maximum atomic E-state index is 11.6. The van der Waals surface area contributed by atoms with Gasteiger partial charge in [0.05, 0.1) is 0 Å². The van der Waals surface area contributed by atoms with Gasteiger partial charge in [-0.15, -0.1) is 0 Å². The summed E-state index contributed by atoms with van der Waals surface area (Å²) in [5.74, 6) is 0.829. The van der Waals surface area contributed by atoms with Crippen LogP contribution in [0.25, 0.3) is 0 Å². The zero-order valence-corrected chi connectivity index (χ0v) is 11.0. The first-order valence-electron chi connectivity index (χ1n) is 6.11. The Balaban J connectivity index is 1.84. The molecule has 1 aromatic carbocycles. The predicted octanol–water partition coefficient (Wildman–Crippen LogP) is 2.56. The van der Waals surface area contributed by atoms with Crippen molar-refractivity contribution in [2.75, 3.05) is 11.9 Å². The molecule has 0 aliphatic carbocycles. The molecule has 19 heavy (non-hydrogen) atoms. The van der Waals surface area contributed by atoms with Gasteiger partial charge in [0.25, 0.3) is 5.91 Å². The summed E-state index contributed by atoms with van der Waals surface area (Å²) in [6.07, 6.45) is 2.45. The van der Waals surface area contributed by atoms with Crippen molar-refractivity contribution < 1.29 is 14.1 Å². The summed E-state index contributed by atoms with van der Waals surface area (Å²) in [6, 6.07) is 7.67. The van der Waals surface area contributed by atoms with Crippen molar-refractivity contribution in [3.63, 3.8) is 0 Å². The molecule has 0 aliphatic heterocycles. The lowest BCUT2D eigenvalue weighted by atomic mass is 10.2. The van der Waals surface area contributed by atoms with Crippen LogP contribution >= 0.6 is 0 Å². The number of hydrogen-bond donors (Lipinski definition) is 1. The lowest BCUT2D eigenvalue weighted by molar-refractivity contribution is -0.118. The Morgan fingerprint density at radius 3 is 2.68 bits per heavy atom. The summed E-state index contributed by atoms with van der Waals surface area (Å²) in [6.45, 7) is 3.83. The number of rotatable bonds is 5. The van der Waals surface area contributed by atoms with Gasteiger partial charge in [0.15, 0.2) is 12.4 Å². The lowest BCUT2D eigenvalue weighted by Crippen LogP contribution is -2.20. The summed E-state index contributed by atoms with van der Waals surface area (Å²) in [5, 5.41) is 6.29. The number of ether oxygens (including phenoxy) is 1. The molecule has 0 unspecified atom stereocenters. The lowest BCUT2D eigenvalue weighted by Gasteiger charge is -2.06. The number of amides is 1. The molecule has 2 aromatic rings. The van der Waals surface area contributed by atoms with Crippen LogP contribution in [0.4, 0.5) is 5.82 Å². The fraction of sp³-hybridized carbons (Fsp3) is 0.286. The summed E-state index contributed by atoms with van der Waals surface area (Å²) >= 11 is 0. The second-order valence-corrected chi connectivity index (χ2v) is 4.18. The minimum atomic E-state index is -0.267. The molecule has 5 heteroatoms. The van der Waals surface area contributed by atoms with E-state index in [1.54, 1.807) is 6.92 Å². The largest absolute Gasteiger partial charge is 0.484 e. The molecule has 0 saturated carbocycles. The monoisotopic (exact) mass is 260 g/mol. The van der Waals surface area contributed by atoms with E-state index in [1.165, 1.54) is 11.8 Å². The molecule has 1 amide bonds. The molecule has 1 aromatic heterocycles. The molecule has 0 aliphatic rings. The molecule has 0 atom stereocenters. The maximum Gasteiger partial charge on any atom is 0.263 e. The quantitative estimate of drug-likeness (QED) is 0.897. The van der Waals surface area contributed by atoms with Crippen molar-refractivity contribution >= 4 is 11.7 Å². The minimum absolute atomic E-state index is 0.0578. The number of benzene rings is 1. The van der Waals surface area contributed by atoms with Crippen molar-refractivity contribution in [3.05, 3.63) is 41.7 Å². The second-order valence-electron chi connectivity index (χ2n) is 4.18. The molecule has 0 fully saturated rings. The van der Waals surface area contributed by atoms with Gasteiger partial charge < -0.3 is 14.6 Å². The third-order valence-corrected chi connectivity index (χ3v) is 2.71. The van der Waals surface area contributed by atoms with Gasteiger partial charge in [-0.25, -0.2) is 0 Å². The normalized spacial score (nSPS) is 10.2. The van der Waals surface area contributed by atoms with Crippen molar-refractivity contribution in [2.45, 2.75) is 20.3 Å². The Labute approximate surface area is 111 Å². The predicted molar refractivity (Wildman–Crippen MR) is 71.2 cm³/mol. The molecular weight excluding hydrogens is 244 g/mol. The van der Waals surface area contributed by atoms with Crippen LogP contribution in [0, 0.1) is 6.92 Å². The van der Waals surface area contributed by atoms with Crippen molar-refractivity contribution in [3.8, 4) is 5.75 Å². The van der Waals surface area contributed by atoms with Gasteiger partial charge in [-0.1, -0.05) is 24.2 Å². The number of aromatic nitrogens is 1. The first kappa shape index (κ1) is 13.1. The summed E-state index contributed by atoms with van der Waals surface area (Å²) in [5.41, 5.74) is 2.01. The Kier molecular flexibility index (Phi) is 4.18. The zero-order chi connectivity index (χ0) is 13.7. The van der Waals surface area contributed by atoms with Crippen molar-refractivity contribution in [1.29, 1.82) is 0 Å². The number of anilines is 1. The highest BCUT2D eigenvalue weighted by molar-refractivity contribution is 5.91. The maximum absolute atomic E-state index is 11.6. The van der Waals surface area contributed by atoms with E-state index >= 15 is 0 Å². The highest BCUT2D eigenvalue weighted by atomic mass is 16.5. The Morgan fingerprint density at radius 2 is 2.11 bits per heavy atom. The topological polar surface area (TPSA) is 64.4 Å². The van der Waals surface area contributed by atoms with Gasteiger partial charge in [-0.2, -0.15) is 0 Å². The molecule has 100 valence electrons. The number of hydrogen-bond acceptors (Lipinski definition) is 4. The molecule has 5 nitrogen and oxygen atoms in total. The first-order chi connectivity index (χ1) is 9.19. The van der Waals surface area contributed by atoms with Gasteiger partial charge in [-0.3, -0.25) is 4.79 Å². The first-order valence-corrected chi connectivity index (χ1v) is 6.11. The average Bonchev–Trinajstić information content (AvgIpc) is 2.82. The van der Waals surface area contributed by atoms with Gasteiger partial charge >= 0.3 is 0 Å². The number of aryl methyl sites for hydroxylation is 2. The highest BCUT2D eigenvalue weighted by Gasteiger charge is 2.08. The van der Waals surface area contributed by atoms with Crippen LogP contribution in [0.5, 0.6) is 5.75 Å². The molecule has 1 N–H and O–H groups in total.